The number of alkyl halides is 3. The predicted molar refractivity (Wildman–Crippen MR) is 117 cm³/mol. The van der Waals surface area contributed by atoms with Crippen LogP contribution < -0.4 is 25.0 Å². The molecule has 0 atom stereocenters. The van der Waals surface area contributed by atoms with Gasteiger partial charge in [0.05, 0.1) is 6.61 Å². The smallest absolute Gasteiger partial charge is 0.493 e. The number of hydrogen-bond acceptors (Lipinski definition) is 8. The third kappa shape index (κ3) is 6.03. The van der Waals surface area contributed by atoms with E-state index in [-0.39, 0.29) is 17.6 Å². The lowest BCUT2D eigenvalue weighted by Crippen LogP contribution is -2.50. The number of aromatic nitrogens is 3. The summed E-state index contributed by atoms with van der Waals surface area (Å²) in [6, 6.07) is 12.4. The van der Waals surface area contributed by atoms with Crippen LogP contribution in [0.15, 0.2) is 54.9 Å². The molecule has 1 fully saturated rings. The fraction of sp³-hybridized carbons (Fsp3) is 0.273. The maximum atomic E-state index is 12.4. The van der Waals surface area contributed by atoms with Gasteiger partial charge in [0.25, 0.3) is 5.91 Å². The van der Waals surface area contributed by atoms with Crippen molar-refractivity contribution in [3.05, 3.63) is 60.4 Å². The molecule has 0 saturated carbocycles. The summed E-state index contributed by atoms with van der Waals surface area (Å²) in [7, 11) is 1.56. The highest BCUT2D eigenvalue weighted by Gasteiger charge is 2.32. The topological polar surface area (TPSA) is 102 Å². The van der Waals surface area contributed by atoms with Gasteiger partial charge in [-0.1, -0.05) is 12.1 Å². The first-order valence-corrected chi connectivity index (χ1v) is 10.3. The summed E-state index contributed by atoms with van der Waals surface area (Å²) >= 11 is 0. The van der Waals surface area contributed by atoms with E-state index in [1.807, 2.05) is 4.90 Å². The molecule has 0 bridgehead atoms. The second-order valence-electron chi connectivity index (χ2n) is 7.50. The first-order chi connectivity index (χ1) is 16.3. The quantitative estimate of drug-likeness (QED) is 0.513. The average Bonchev–Trinajstić information content (AvgIpc) is 2.77. The number of hydrogen-bond donors (Lipinski definition) is 2. The predicted octanol–water partition coefficient (Wildman–Crippen LogP) is 3.39. The molecule has 1 aliphatic rings. The molecule has 1 saturated heterocycles. The number of ether oxygens (including phenoxy) is 2. The van der Waals surface area contributed by atoms with Crippen LogP contribution in [0, 0.1) is 5.92 Å². The summed E-state index contributed by atoms with van der Waals surface area (Å²) in [6.07, 6.45) is -3.36. The summed E-state index contributed by atoms with van der Waals surface area (Å²) in [5.74, 6) is 0.743. The molecule has 0 radical (unpaired) electrons. The Morgan fingerprint density at radius 3 is 2.65 bits per heavy atom. The highest BCUT2D eigenvalue weighted by atomic mass is 19.4. The summed E-state index contributed by atoms with van der Waals surface area (Å²) in [5, 5.41) is 5.63. The van der Waals surface area contributed by atoms with Gasteiger partial charge in [-0.2, -0.15) is 4.98 Å². The number of amides is 1. The van der Waals surface area contributed by atoms with Crippen LogP contribution in [-0.2, 0) is 0 Å². The molecular weight excluding hydrogens is 453 g/mol. The molecule has 2 heterocycles. The van der Waals surface area contributed by atoms with Crippen molar-refractivity contribution < 1.29 is 27.4 Å². The van der Waals surface area contributed by atoms with Crippen LogP contribution in [0.1, 0.15) is 10.4 Å². The molecule has 1 amide bonds. The number of benzene rings is 2. The maximum Gasteiger partial charge on any atom is 0.573 e. The molecule has 9 nitrogen and oxygen atoms in total. The molecule has 0 aliphatic carbocycles. The van der Waals surface area contributed by atoms with Crippen LogP contribution in [0.5, 0.6) is 11.5 Å². The Kier molecular flexibility index (Phi) is 6.66. The Morgan fingerprint density at radius 2 is 1.88 bits per heavy atom. The first-order valence-electron chi connectivity index (χ1n) is 10.3. The highest BCUT2D eigenvalue weighted by Crippen LogP contribution is 2.28. The summed E-state index contributed by atoms with van der Waals surface area (Å²) in [6.45, 7) is 1.57. The fourth-order valence-electron chi connectivity index (χ4n) is 3.33. The first kappa shape index (κ1) is 23.1. The summed E-state index contributed by atoms with van der Waals surface area (Å²) < 4.78 is 46.6. The minimum atomic E-state index is -4.75. The summed E-state index contributed by atoms with van der Waals surface area (Å²) in [5.41, 5.74) is 1.16. The molecule has 2 N–H and O–H groups in total. The molecule has 1 aliphatic heterocycles. The fourth-order valence-corrected chi connectivity index (χ4v) is 3.33. The van der Waals surface area contributed by atoms with Gasteiger partial charge >= 0.3 is 6.36 Å². The van der Waals surface area contributed by atoms with E-state index in [0.29, 0.717) is 48.6 Å². The van der Waals surface area contributed by atoms with Gasteiger partial charge in [0, 0.05) is 43.4 Å². The molecule has 34 heavy (non-hydrogen) atoms. The van der Waals surface area contributed by atoms with Crippen molar-refractivity contribution in [1.29, 1.82) is 0 Å². The molecule has 0 spiro atoms. The lowest BCUT2D eigenvalue weighted by atomic mass is 10.0. The second-order valence-corrected chi connectivity index (χ2v) is 7.50. The molecule has 12 heteroatoms. The Bertz CT molecular complexity index is 1150. The van der Waals surface area contributed by atoms with Crippen LogP contribution >= 0.6 is 0 Å². The number of carbonyl (C=O) groups is 1. The molecule has 2 aromatic carbocycles. The number of rotatable bonds is 8. The van der Waals surface area contributed by atoms with E-state index in [4.69, 9.17) is 4.74 Å². The largest absolute Gasteiger partial charge is 0.573 e. The second kappa shape index (κ2) is 9.81. The minimum Gasteiger partial charge on any atom is -0.493 e. The molecule has 178 valence electrons. The SMILES string of the molecule is CNC(=O)c1cccc(Nc2ncnc(N3CC(COc4cccc(OC(F)(F)F)c4)C3)n2)c1. The minimum absolute atomic E-state index is 0.157. The van der Waals surface area contributed by atoms with Crippen LogP contribution in [0.25, 0.3) is 0 Å². The van der Waals surface area contributed by atoms with Crippen LogP contribution in [0.2, 0.25) is 0 Å². The molecule has 0 unspecified atom stereocenters. The van der Waals surface area contributed by atoms with E-state index in [0.717, 1.165) is 0 Å². The van der Waals surface area contributed by atoms with Gasteiger partial charge in [-0.25, -0.2) is 9.97 Å². The van der Waals surface area contributed by atoms with Gasteiger partial charge in [-0.15, -0.1) is 13.2 Å². The van der Waals surface area contributed by atoms with Crippen molar-refractivity contribution in [1.82, 2.24) is 20.3 Å². The van der Waals surface area contributed by atoms with Crippen LogP contribution in [0.4, 0.5) is 30.8 Å². The number of nitrogens with zero attached hydrogens (tertiary/aromatic N) is 4. The van der Waals surface area contributed by atoms with Crippen molar-refractivity contribution in [2.24, 2.45) is 5.92 Å². The Hall–Kier alpha value is -4.09. The number of halogens is 3. The standard InChI is InChI=1S/C22H21F3N6O3/c1-26-19(32)15-4-2-5-16(8-15)29-20-27-13-28-21(30-20)31-10-14(11-31)12-33-17-6-3-7-18(9-17)34-22(23,24)25/h2-9,13-14H,10-12H2,1H3,(H,26,32)(H,27,28,29,30). The van der Waals surface area contributed by atoms with Gasteiger partial charge in [-0.3, -0.25) is 4.79 Å². The van der Waals surface area contributed by atoms with Crippen LogP contribution in [0.3, 0.4) is 0 Å². The third-order valence-corrected chi connectivity index (χ3v) is 4.93. The van der Waals surface area contributed by atoms with E-state index in [1.54, 1.807) is 37.4 Å². The zero-order chi connectivity index (χ0) is 24.1. The molecular formula is C22H21F3N6O3. The van der Waals surface area contributed by atoms with Gasteiger partial charge in [-0.05, 0) is 30.3 Å². The van der Waals surface area contributed by atoms with Gasteiger partial charge in [0.15, 0.2) is 0 Å². The van der Waals surface area contributed by atoms with Crippen molar-refractivity contribution in [3.8, 4) is 11.5 Å². The number of nitrogens with one attached hydrogen (secondary N) is 2. The number of anilines is 3. The van der Waals surface area contributed by atoms with E-state index in [1.165, 1.54) is 24.5 Å². The zero-order valence-electron chi connectivity index (χ0n) is 18.0. The molecule has 1 aromatic heterocycles. The Morgan fingerprint density at radius 1 is 1.12 bits per heavy atom. The van der Waals surface area contributed by atoms with E-state index >= 15 is 0 Å². The van der Waals surface area contributed by atoms with E-state index in [2.05, 4.69) is 30.3 Å². The monoisotopic (exact) mass is 474 g/mol. The van der Waals surface area contributed by atoms with Gasteiger partial charge < -0.3 is 25.0 Å². The summed E-state index contributed by atoms with van der Waals surface area (Å²) in [4.78, 5) is 26.5. The molecule has 4 rings (SSSR count). The number of carbonyl (C=O) groups excluding carboxylic acids is 1. The lowest BCUT2D eigenvalue weighted by Gasteiger charge is -2.38. The van der Waals surface area contributed by atoms with Crippen molar-refractivity contribution in [2.75, 3.05) is 37.0 Å². The van der Waals surface area contributed by atoms with Crippen molar-refractivity contribution >= 4 is 23.5 Å². The molecule has 3 aromatic rings. The van der Waals surface area contributed by atoms with Crippen LogP contribution in [-0.4, -0.2) is 54.0 Å². The van der Waals surface area contributed by atoms with Crippen molar-refractivity contribution in [3.63, 3.8) is 0 Å². The average molecular weight is 474 g/mol. The van der Waals surface area contributed by atoms with E-state index in [9.17, 15) is 18.0 Å². The van der Waals surface area contributed by atoms with Crippen molar-refractivity contribution in [2.45, 2.75) is 6.36 Å². The zero-order valence-corrected chi connectivity index (χ0v) is 18.0. The van der Waals surface area contributed by atoms with E-state index < -0.39 is 6.36 Å². The maximum absolute atomic E-state index is 12.4. The third-order valence-electron chi connectivity index (χ3n) is 4.93. The lowest BCUT2D eigenvalue weighted by molar-refractivity contribution is -0.274. The van der Waals surface area contributed by atoms with Gasteiger partial charge in [0.2, 0.25) is 11.9 Å². The van der Waals surface area contributed by atoms with Gasteiger partial charge in [0.1, 0.15) is 17.8 Å². The Balaban J connectivity index is 1.30. The normalized spacial score (nSPS) is 13.7. The highest BCUT2D eigenvalue weighted by molar-refractivity contribution is 5.95. The Labute approximate surface area is 192 Å².